The average molecular weight is 156 g/mol. The third-order valence-electron chi connectivity index (χ3n) is 0.707. The van der Waals surface area contributed by atoms with E-state index in [9.17, 15) is 0 Å². The molecule has 0 aliphatic rings. The Morgan fingerprint density at radius 2 is 1.18 bits per heavy atom. The Labute approximate surface area is 66.6 Å². The van der Waals surface area contributed by atoms with Gasteiger partial charge in [-0.05, 0) is 12.2 Å². The first-order valence-corrected chi connectivity index (χ1v) is 3.27. The molecule has 11 heavy (non-hydrogen) atoms. The standard InChI is InChI=1S/C5H12.2CNO/c1-3-5-4-2;2*2-1-3/h3-5H2,1-2H3;;/q;2*-1. The molecule has 4 heteroatoms. The normalized spacial score (nSPS) is 5.27. The third kappa shape index (κ3) is 693. The molecular formula is C7H12N2O2-2. The molecule has 0 atom stereocenters. The van der Waals surface area contributed by atoms with Crippen LogP contribution in [0, 0.1) is 0 Å². The summed E-state index contributed by atoms with van der Waals surface area (Å²) < 4.78 is 0. The lowest BCUT2D eigenvalue weighted by atomic mass is 10.3. The predicted molar refractivity (Wildman–Crippen MR) is 43.3 cm³/mol. The van der Waals surface area contributed by atoms with Gasteiger partial charge in [-0.2, -0.15) is 0 Å². The Morgan fingerprint density at radius 1 is 1.00 bits per heavy atom. The van der Waals surface area contributed by atoms with Gasteiger partial charge >= 0.3 is 0 Å². The van der Waals surface area contributed by atoms with Gasteiger partial charge in [-0.25, -0.2) is 0 Å². The van der Waals surface area contributed by atoms with Crippen LogP contribution in [0.2, 0.25) is 0 Å². The zero-order chi connectivity index (χ0) is 9.54. The lowest BCUT2D eigenvalue weighted by Crippen LogP contribution is -1.59. The molecule has 0 aromatic carbocycles. The largest absolute Gasteiger partial charge is 0.724 e. The highest BCUT2D eigenvalue weighted by Crippen LogP contribution is 1.88. The van der Waals surface area contributed by atoms with Crippen LogP contribution in [0.4, 0.5) is 0 Å². The molecule has 0 aliphatic carbocycles. The average Bonchev–Trinajstić information content (AvgIpc) is 1.92. The predicted octanol–water partition coefficient (Wildman–Crippen LogP) is 1.98. The van der Waals surface area contributed by atoms with E-state index in [1.165, 1.54) is 19.3 Å². The van der Waals surface area contributed by atoms with Gasteiger partial charge in [0.1, 0.15) is 0 Å². The van der Waals surface area contributed by atoms with E-state index in [0.717, 1.165) is 0 Å². The minimum Gasteiger partial charge on any atom is -0.724 e. The van der Waals surface area contributed by atoms with Crippen molar-refractivity contribution in [2.45, 2.75) is 33.1 Å². The smallest absolute Gasteiger partial charge is 0.0159 e. The molecule has 0 heterocycles. The van der Waals surface area contributed by atoms with Crippen LogP contribution in [-0.2, 0) is 9.59 Å². The van der Waals surface area contributed by atoms with Gasteiger partial charge < -0.3 is 10.8 Å². The summed E-state index contributed by atoms with van der Waals surface area (Å²) in [6.07, 6.45) is 5.08. The zero-order valence-corrected chi connectivity index (χ0v) is 6.83. The van der Waals surface area contributed by atoms with Crippen molar-refractivity contribution in [2.75, 3.05) is 0 Å². The number of hydrogen-bond donors (Lipinski definition) is 0. The summed E-state index contributed by atoms with van der Waals surface area (Å²) in [6.45, 7) is 4.42. The molecule has 0 N–H and O–H groups in total. The van der Waals surface area contributed by atoms with Gasteiger partial charge in [-0.1, -0.05) is 33.1 Å². The molecule has 0 radical (unpaired) electrons. The Hall–Kier alpha value is -1.24. The first kappa shape index (κ1) is 16.4. The number of hydrogen-bond acceptors (Lipinski definition) is 2. The van der Waals surface area contributed by atoms with Gasteiger partial charge in [0.25, 0.3) is 0 Å². The van der Waals surface area contributed by atoms with Crippen LogP contribution in [0.15, 0.2) is 0 Å². The molecule has 0 fully saturated rings. The van der Waals surface area contributed by atoms with Gasteiger partial charge in [-0.3, -0.25) is 9.59 Å². The molecule has 64 valence electrons. The van der Waals surface area contributed by atoms with Gasteiger partial charge in [-0.15, -0.1) is 0 Å². The molecule has 0 amide bonds. The molecule has 0 bridgehead atoms. The molecule has 0 saturated heterocycles. The van der Waals surface area contributed by atoms with Crippen molar-refractivity contribution in [2.24, 2.45) is 0 Å². The topological polar surface area (TPSA) is 78.7 Å². The van der Waals surface area contributed by atoms with E-state index < -0.39 is 0 Å². The van der Waals surface area contributed by atoms with Crippen molar-refractivity contribution in [3.8, 4) is 0 Å². The third-order valence-corrected chi connectivity index (χ3v) is 0.707. The second kappa shape index (κ2) is 37.3. The van der Waals surface area contributed by atoms with E-state index in [-0.39, 0.29) is 0 Å². The fourth-order valence-corrected chi connectivity index (χ4v) is 0.354. The molecule has 0 spiro atoms. The highest BCUT2D eigenvalue weighted by Gasteiger charge is 1.68. The van der Waals surface area contributed by atoms with Crippen LogP contribution in [0.5, 0.6) is 0 Å². The molecular weight excluding hydrogens is 144 g/mol. The Morgan fingerprint density at radius 3 is 1.18 bits per heavy atom. The second-order valence-electron chi connectivity index (χ2n) is 1.54. The van der Waals surface area contributed by atoms with Crippen molar-refractivity contribution in [1.29, 1.82) is 0 Å². The maximum absolute atomic E-state index is 8.24. The summed E-state index contributed by atoms with van der Waals surface area (Å²) in [5, 5.41) is 13.5. The monoisotopic (exact) mass is 156 g/mol. The minimum absolute atomic E-state index is 0.500. The first-order chi connectivity index (χ1) is 5.24. The van der Waals surface area contributed by atoms with Crippen molar-refractivity contribution in [3.63, 3.8) is 0 Å². The lowest BCUT2D eigenvalue weighted by Gasteiger charge is -1.79. The van der Waals surface area contributed by atoms with E-state index in [1.54, 1.807) is 0 Å². The van der Waals surface area contributed by atoms with Crippen LogP contribution in [-0.4, -0.2) is 12.2 Å². The van der Waals surface area contributed by atoms with Crippen molar-refractivity contribution in [1.82, 2.24) is 0 Å². The fraction of sp³-hybridized carbons (Fsp3) is 0.714. The number of unbranched alkanes of at least 4 members (excludes halogenated alkanes) is 2. The molecule has 0 aromatic rings. The van der Waals surface area contributed by atoms with Crippen molar-refractivity contribution in [3.05, 3.63) is 10.8 Å². The van der Waals surface area contributed by atoms with Crippen LogP contribution < -0.4 is 0 Å². The summed E-state index contributed by atoms with van der Waals surface area (Å²) in [6, 6.07) is 0. The lowest BCUT2D eigenvalue weighted by molar-refractivity contribution is 0.568. The van der Waals surface area contributed by atoms with Crippen molar-refractivity contribution < 1.29 is 9.59 Å². The van der Waals surface area contributed by atoms with Gasteiger partial charge in [0, 0.05) is 0 Å². The Bertz CT molecular complexity index is 97.6. The van der Waals surface area contributed by atoms with Crippen LogP contribution in [0.1, 0.15) is 33.1 Å². The molecule has 0 saturated carbocycles. The number of isocyanates is 2. The molecule has 0 aliphatic heterocycles. The Kier molecular flexibility index (Phi) is 55.6. The fourth-order valence-electron chi connectivity index (χ4n) is 0.354. The van der Waals surface area contributed by atoms with Crippen LogP contribution >= 0.6 is 0 Å². The highest BCUT2D eigenvalue weighted by atomic mass is 16.1. The van der Waals surface area contributed by atoms with E-state index in [1.807, 2.05) is 0 Å². The van der Waals surface area contributed by atoms with Crippen LogP contribution in [0.25, 0.3) is 10.8 Å². The maximum atomic E-state index is 8.24. The Balaban J connectivity index is -0.0000000933. The van der Waals surface area contributed by atoms with Crippen LogP contribution in [0.3, 0.4) is 0 Å². The summed E-state index contributed by atoms with van der Waals surface area (Å²) in [7, 11) is 0. The van der Waals surface area contributed by atoms with E-state index in [4.69, 9.17) is 20.4 Å². The number of nitrogens with zero attached hydrogens (tertiary/aromatic N) is 2. The summed E-state index contributed by atoms with van der Waals surface area (Å²) in [5.41, 5.74) is 0. The molecule has 0 unspecified atom stereocenters. The van der Waals surface area contributed by atoms with Gasteiger partial charge in [0.05, 0.1) is 0 Å². The summed E-state index contributed by atoms with van der Waals surface area (Å²) >= 11 is 0. The van der Waals surface area contributed by atoms with Gasteiger partial charge in [0.2, 0.25) is 0 Å². The summed E-state index contributed by atoms with van der Waals surface area (Å²) in [4.78, 5) is 16.5. The molecule has 0 aromatic heterocycles. The summed E-state index contributed by atoms with van der Waals surface area (Å²) in [5.74, 6) is 0. The minimum atomic E-state index is 0.500. The number of carbonyl (C=O) groups excluding carboxylic acids is 2. The number of rotatable bonds is 2. The maximum Gasteiger partial charge on any atom is -0.0159 e. The SMILES string of the molecule is CCCCC.[N-]=C=O.[N-]=C=O. The van der Waals surface area contributed by atoms with E-state index in [0.29, 0.717) is 12.2 Å². The second-order valence-corrected chi connectivity index (χ2v) is 1.54. The van der Waals surface area contributed by atoms with Crippen molar-refractivity contribution >= 4 is 12.2 Å². The zero-order valence-electron chi connectivity index (χ0n) is 6.83. The highest BCUT2D eigenvalue weighted by molar-refractivity contribution is 5.37. The van der Waals surface area contributed by atoms with Gasteiger partial charge in [0.15, 0.2) is 0 Å². The van der Waals surface area contributed by atoms with E-state index in [2.05, 4.69) is 13.8 Å². The first-order valence-electron chi connectivity index (χ1n) is 3.27. The quantitative estimate of drug-likeness (QED) is 0.452. The molecule has 4 nitrogen and oxygen atoms in total. The van der Waals surface area contributed by atoms with E-state index >= 15 is 0 Å². The molecule has 0 rings (SSSR count).